The molecule has 5 heteroatoms. The van der Waals surface area contributed by atoms with E-state index in [-0.39, 0.29) is 5.91 Å². The van der Waals surface area contributed by atoms with Crippen molar-refractivity contribution in [2.24, 2.45) is 0 Å². The Morgan fingerprint density at radius 3 is 2.26 bits per heavy atom. The quantitative estimate of drug-likeness (QED) is 0.429. The Kier molecular flexibility index (Phi) is 5.67. The molecule has 3 aromatic carbocycles. The average molecular weight is 412 g/mol. The van der Waals surface area contributed by atoms with Gasteiger partial charge in [0.1, 0.15) is 0 Å². The second-order valence-corrected chi connectivity index (χ2v) is 7.82. The number of amides is 1. The average Bonchev–Trinajstić information content (AvgIpc) is 3.21. The second kappa shape index (κ2) is 8.56. The van der Waals surface area contributed by atoms with Gasteiger partial charge in [-0.1, -0.05) is 42.5 Å². The summed E-state index contributed by atoms with van der Waals surface area (Å²) in [5.74, 6) is 1.04. The Morgan fingerprint density at radius 2 is 1.58 bits per heavy atom. The van der Waals surface area contributed by atoms with E-state index < -0.39 is 0 Å². The van der Waals surface area contributed by atoms with Gasteiger partial charge in [-0.2, -0.15) is 0 Å². The summed E-state index contributed by atoms with van der Waals surface area (Å²) in [6.07, 6.45) is 0. The molecule has 31 heavy (non-hydrogen) atoms. The molecule has 0 unspecified atom stereocenters. The smallest absolute Gasteiger partial charge is 0.253 e. The van der Waals surface area contributed by atoms with Gasteiger partial charge in [0.15, 0.2) is 0 Å². The molecule has 1 aromatic heterocycles. The van der Waals surface area contributed by atoms with E-state index in [0.717, 1.165) is 27.8 Å². The Morgan fingerprint density at radius 1 is 0.871 bits per heavy atom. The number of nitrogens with zero attached hydrogens (tertiary/aromatic N) is 3. The van der Waals surface area contributed by atoms with E-state index in [2.05, 4.69) is 36.2 Å². The molecule has 0 radical (unpaired) electrons. The summed E-state index contributed by atoms with van der Waals surface area (Å²) in [4.78, 5) is 14.7. The van der Waals surface area contributed by atoms with Crippen molar-refractivity contribution in [2.45, 2.75) is 27.3 Å². The van der Waals surface area contributed by atoms with Gasteiger partial charge in [0.2, 0.25) is 11.8 Å². The number of carbonyl (C=O) groups is 1. The molecule has 0 spiro atoms. The Balaban J connectivity index is 1.55. The lowest BCUT2D eigenvalue weighted by atomic mass is 9.97. The molecular formula is C26H25N3O2. The fourth-order valence-electron chi connectivity index (χ4n) is 3.61. The minimum atomic E-state index is 0.00149. The molecule has 0 N–H and O–H groups in total. The molecule has 0 bridgehead atoms. The highest BCUT2D eigenvalue weighted by molar-refractivity contribution is 5.94. The fourth-order valence-corrected chi connectivity index (χ4v) is 3.61. The molecule has 0 fully saturated rings. The maximum Gasteiger partial charge on any atom is 0.253 e. The van der Waals surface area contributed by atoms with Crippen LogP contribution in [0, 0.1) is 20.8 Å². The molecule has 4 rings (SSSR count). The van der Waals surface area contributed by atoms with Crippen molar-refractivity contribution in [3.8, 4) is 22.6 Å². The maximum absolute atomic E-state index is 12.9. The van der Waals surface area contributed by atoms with E-state index in [4.69, 9.17) is 4.42 Å². The van der Waals surface area contributed by atoms with Crippen molar-refractivity contribution in [1.82, 2.24) is 15.1 Å². The molecule has 0 aliphatic heterocycles. The highest BCUT2D eigenvalue weighted by Crippen LogP contribution is 2.29. The van der Waals surface area contributed by atoms with Gasteiger partial charge in [0.25, 0.3) is 5.91 Å². The van der Waals surface area contributed by atoms with E-state index in [1.54, 1.807) is 11.8 Å². The molecule has 1 amide bonds. The third-order valence-electron chi connectivity index (χ3n) is 5.47. The zero-order chi connectivity index (χ0) is 22.0. The summed E-state index contributed by atoms with van der Waals surface area (Å²) in [7, 11) is 1.84. The predicted octanol–water partition coefficient (Wildman–Crippen LogP) is 5.60. The summed E-state index contributed by atoms with van der Waals surface area (Å²) < 4.78 is 5.56. The van der Waals surface area contributed by atoms with Crippen LogP contribution in [-0.4, -0.2) is 28.1 Å². The Bertz CT molecular complexity index is 1230. The van der Waals surface area contributed by atoms with Gasteiger partial charge in [-0.25, -0.2) is 0 Å². The van der Waals surface area contributed by atoms with E-state index in [1.807, 2.05) is 61.6 Å². The molecule has 0 saturated carbocycles. The first-order valence-corrected chi connectivity index (χ1v) is 10.2. The molecule has 0 saturated heterocycles. The van der Waals surface area contributed by atoms with Crippen molar-refractivity contribution < 1.29 is 9.21 Å². The largest absolute Gasteiger partial charge is 0.421 e. The topological polar surface area (TPSA) is 59.2 Å². The van der Waals surface area contributed by atoms with Gasteiger partial charge >= 0.3 is 0 Å². The fraction of sp³-hybridized carbons (Fsp3) is 0.192. The minimum Gasteiger partial charge on any atom is -0.421 e. The zero-order valence-electron chi connectivity index (χ0n) is 18.2. The van der Waals surface area contributed by atoms with E-state index in [0.29, 0.717) is 23.9 Å². The number of carbonyl (C=O) groups excluding carboxylic acids is 1. The molecule has 0 aliphatic rings. The van der Waals surface area contributed by atoms with Gasteiger partial charge in [0.05, 0.1) is 0 Å². The van der Waals surface area contributed by atoms with Crippen LogP contribution in [0.25, 0.3) is 22.6 Å². The van der Waals surface area contributed by atoms with Crippen molar-refractivity contribution in [3.05, 3.63) is 94.9 Å². The van der Waals surface area contributed by atoms with Crippen molar-refractivity contribution >= 4 is 5.91 Å². The van der Waals surface area contributed by atoms with Crippen LogP contribution in [0.15, 0.2) is 71.1 Å². The van der Waals surface area contributed by atoms with E-state index in [1.165, 1.54) is 5.56 Å². The van der Waals surface area contributed by atoms with Crippen molar-refractivity contribution in [2.75, 3.05) is 7.05 Å². The highest BCUT2D eigenvalue weighted by atomic mass is 16.4. The van der Waals surface area contributed by atoms with Crippen molar-refractivity contribution in [3.63, 3.8) is 0 Å². The molecule has 0 atom stereocenters. The van der Waals surface area contributed by atoms with Crippen LogP contribution in [-0.2, 0) is 6.54 Å². The first-order chi connectivity index (χ1) is 14.9. The SMILES string of the molecule is Cc1nnc(-c2ccc(C)c(-c3ccc(C(=O)N(C)Cc4ccccc4C)cc3)c2)o1. The third-order valence-corrected chi connectivity index (χ3v) is 5.47. The zero-order valence-corrected chi connectivity index (χ0v) is 18.2. The molecule has 156 valence electrons. The monoisotopic (exact) mass is 411 g/mol. The number of benzene rings is 3. The number of aromatic nitrogens is 2. The van der Waals surface area contributed by atoms with Crippen LogP contribution in [0.5, 0.6) is 0 Å². The van der Waals surface area contributed by atoms with Crippen LogP contribution >= 0.6 is 0 Å². The highest BCUT2D eigenvalue weighted by Gasteiger charge is 2.14. The standard InChI is InChI=1S/C26H25N3O2/c1-17-7-5-6-8-23(17)16-29(4)26(30)21-13-11-20(12-14-21)24-15-22(10-9-18(24)2)25-28-27-19(3)31-25/h5-15H,16H2,1-4H3. The summed E-state index contributed by atoms with van der Waals surface area (Å²) >= 11 is 0. The predicted molar refractivity (Wildman–Crippen MR) is 122 cm³/mol. The maximum atomic E-state index is 12.9. The summed E-state index contributed by atoms with van der Waals surface area (Å²) in [5.41, 5.74) is 7.12. The van der Waals surface area contributed by atoms with Gasteiger partial charge in [-0.3, -0.25) is 4.79 Å². The summed E-state index contributed by atoms with van der Waals surface area (Å²) in [6.45, 7) is 6.48. The first kappa shape index (κ1) is 20.5. The normalized spacial score (nSPS) is 10.8. The molecule has 4 aromatic rings. The van der Waals surface area contributed by atoms with Gasteiger partial charge < -0.3 is 9.32 Å². The van der Waals surface area contributed by atoms with Crippen LogP contribution in [0.3, 0.4) is 0 Å². The first-order valence-electron chi connectivity index (χ1n) is 10.2. The van der Waals surface area contributed by atoms with Crippen LogP contribution in [0.4, 0.5) is 0 Å². The molecule has 0 aliphatic carbocycles. The Hall–Kier alpha value is -3.73. The van der Waals surface area contributed by atoms with Crippen molar-refractivity contribution in [1.29, 1.82) is 0 Å². The third kappa shape index (κ3) is 4.40. The Labute approximate surface area is 182 Å². The number of rotatable bonds is 5. The molecule has 5 nitrogen and oxygen atoms in total. The minimum absolute atomic E-state index is 0.00149. The second-order valence-electron chi connectivity index (χ2n) is 7.82. The van der Waals surface area contributed by atoms with Crippen LogP contribution in [0.2, 0.25) is 0 Å². The van der Waals surface area contributed by atoms with Crippen LogP contribution < -0.4 is 0 Å². The number of aryl methyl sites for hydroxylation is 3. The lowest BCUT2D eigenvalue weighted by Crippen LogP contribution is -2.26. The lowest BCUT2D eigenvalue weighted by molar-refractivity contribution is 0.0785. The molecule has 1 heterocycles. The number of hydrogen-bond acceptors (Lipinski definition) is 4. The van der Waals surface area contributed by atoms with Crippen LogP contribution in [0.1, 0.15) is 32.9 Å². The summed E-state index contributed by atoms with van der Waals surface area (Å²) in [5, 5.41) is 8.02. The van der Waals surface area contributed by atoms with E-state index >= 15 is 0 Å². The van der Waals surface area contributed by atoms with Gasteiger partial charge in [0, 0.05) is 31.6 Å². The van der Waals surface area contributed by atoms with Gasteiger partial charge in [-0.15, -0.1) is 10.2 Å². The van der Waals surface area contributed by atoms with E-state index in [9.17, 15) is 4.79 Å². The summed E-state index contributed by atoms with van der Waals surface area (Å²) in [6, 6.07) is 21.9. The lowest BCUT2D eigenvalue weighted by Gasteiger charge is -2.19. The number of hydrogen-bond donors (Lipinski definition) is 0. The van der Waals surface area contributed by atoms with Gasteiger partial charge in [-0.05, 0) is 65.9 Å². The molecular weight excluding hydrogens is 386 g/mol.